The van der Waals surface area contributed by atoms with Crippen molar-refractivity contribution in [3.8, 4) is 11.5 Å². The number of phosphoric acid groups is 1. The maximum atomic E-state index is 10.7. The summed E-state index contributed by atoms with van der Waals surface area (Å²) in [5.74, 6) is -0.0242. The van der Waals surface area contributed by atoms with Gasteiger partial charge < -0.3 is 24.0 Å². The molecule has 19 heavy (non-hydrogen) atoms. The van der Waals surface area contributed by atoms with Gasteiger partial charge in [-0.2, -0.15) is 0 Å². The molecule has 0 aromatic heterocycles. The van der Waals surface area contributed by atoms with E-state index >= 15 is 0 Å². The summed E-state index contributed by atoms with van der Waals surface area (Å²) in [6, 6.07) is 7.89. The number of rotatable bonds is 2. The molecule has 0 fully saturated rings. The van der Waals surface area contributed by atoms with E-state index in [1.54, 1.807) is 31.2 Å². The molecule has 0 saturated carbocycles. The van der Waals surface area contributed by atoms with Crippen LogP contribution in [0.4, 0.5) is 0 Å². The SMILES string of the molecule is Cc1cc(O)c2ccccc2c1OP(=O)([O-])[O-].[Na+].[Na+]. The Labute approximate surface area is 154 Å². The Balaban J connectivity index is 0.00000162. The van der Waals surface area contributed by atoms with Crippen LogP contribution in [0.3, 0.4) is 0 Å². The van der Waals surface area contributed by atoms with Crippen LogP contribution in [-0.4, -0.2) is 5.11 Å². The van der Waals surface area contributed by atoms with Crippen molar-refractivity contribution in [2.75, 3.05) is 0 Å². The maximum absolute atomic E-state index is 10.7. The molecule has 0 aliphatic rings. The van der Waals surface area contributed by atoms with Crippen molar-refractivity contribution in [1.29, 1.82) is 0 Å². The van der Waals surface area contributed by atoms with E-state index < -0.39 is 7.82 Å². The van der Waals surface area contributed by atoms with Gasteiger partial charge in [0.1, 0.15) is 19.3 Å². The third-order valence-electron chi connectivity index (χ3n) is 2.36. The average Bonchev–Trinajstić information content (AvgIpc) is 2.23. The first-order chi connectivity index (χ1) is 7.88. The van der Waals surface area contributed by atoms with E-state index in [4.69, 9.17) is 0 Å². The number of aryl methyl sites for hydroxylation is 1. The molecule has 0 unspecified atom stereocenters. The largest absolute Gasteiger partial charge is 1.00 e. The molecule has 0 atom stereocenters. The van der Waals surface area contributed by atoms with Gasteiger partial charge in [0.05, 0.1) is 0 Å². The van der Waals surface area contributed by atoms with Crippen LogP contribution in [0.2, 0.25) is 0 Å². The Hall–Kier alpha value is 0.450. The summed E-state index contributed by atoms with van der Waals surface area (Å²) in [4.78, 5) is 21.3. The number of hydrogen-bond donors (Lipinski definition) is 1. The summed E-state index contributed by atoms with van der Waals surface area (Å²) in [5.41, 5.74) is 0.383. The smallest absolute Gasteiger partial charge is 0.780 e. The molecule has 0 heterocycles. The first-order valence-electron chi connectivity index (χ1n) is 4.81. The van der Waals surface area contributed by atoms with Crippen molar-refractivity contribution >= 4 is 18.6 Å². The monoisotopic (exact) mass is 298 g/mol. The van der Waals surface area contributed by atoms with Crippen LogP contribution >= 0.6 is 7.82 Å². The van der Waals surface area contributed by atoms with Crippen molar-refractivity contribution < 1.29 is 83.1 Å². The molecule has 2 aromatic carbocycles. The molecule has 0 aliphatic carbocycles. The molecule has 0 amide bonds. The maximum Gasteiger partial charge on any atom is 1.00 e. The summed E-state index contributed by atoms with van der Waals surface area (Å²) < 4.78 is 15.1. The van der Waals surface area contributed by atoms with Crippen molar-refractivity contribution in [3.05, 3.63) is 35.9 Å². The topological polar surface area (TPSA) is 92.7 Å². The number of phenols is 1. The van der Waals surface area contributed by atoms with Crippen LogP contribution in [0.5, 0.6) is 11.5 Å². The Morgan fingerprint density at radius 1 is 1.16 bits per heavy atom. The molecule has 1 N–H and O–H groups in total. The number of benzene rings is 2. The van der Waals surface area contributed by atoms with Gasteiger partial charge in [-0.3, -0.25) is 0 Å². The molecule has 0 bridgehead atoms. The Bertz CT molecular complexity index is 626. The van der Waals surface area contributed by atoms with Gasteiger partial charge in [-0.05, 0) is 18.6 Å². The molecule has 90 valence electrons. The van der Waals surface area contributed by atoms with Gasteiger partial charge in [0.15, 0.2) is 0 Å². The first-order valence-corrected chi connectivity index (χ1v) is 6.27. The predicted octanol–water partition coefficient (Wildman–Crippen LogP) is -4.93. The molecular weight excluding hydrogens is 289 g/mol. The van der Waals surface area contributed by atoms with Gasteiger partial charge in [-0.15, -0.1) is 0 Å². The van der Waals surface area contributed by atoms with E-state index in [2.05, 4.69) is 4.52 Å². The predicted molar refractivity (Wildman–Crippen MR) is 58.6 cm³/mol. The van der Waals surface area contributed by atoms with Crippen molar-refractivity contribution in [1.82, 2.24) is 0 Å². The molecule has 0 aliphatic heterocycles. The molecule has 5 nitrogen and oxygen atoms in total. The molecule has 2 aromatic rings. The van der Waals surface area contributed by atoms with Crippen molar-refractivity contribution in [2.24, 2.45) is 0 Å². The third kappa shape index (κ3) is 4.74. The van der Waals surface area contributed by atoms with Crippen LogP contribution in [0.25, 0.3) is 10.8 Å². The fourth-order valence-electron chi connectivity index (χ4n) is 1.70. The zero-order valence-corrected chi connectivity index (χ0v) is 15.8. The zero-order valence-electron chi connectivity index (χ0n) is 10.9. The Kier molecular flexibility index (Phi) is 7.63. The van der Waals surface area contributed by atoms with E-state index in [0.717, 1.165) is 0 Å². The van der Waals surface area contributed by atoms with E-state index in [1.165, 1.54) is 6.07 Å². The fourth-order valence-corrected chi connectivity index (χ4v) is 2.16. The number of fused-ring (bicyclic) bond motifs is 1. The summed E-state index contributed by atoms with van der Waals surface area (Å²) in [6.45, 7) is 1.55. The quantitative estimate of drug-likeness (QED) is 0.443. The molecular formula is C11H9Na2O5P. The number of phosphoric ester groups is 1. The van der Waals surface area contributed by atoms with Crippen molar-refractivity contribution in [3.63, 3.8) is 0 Å². The fraction of sp³-hybridized carbons (Fsp3) is 0.0909. The minimum absolute atomic E-state index is 0. The van der Waals surface area contributed by atoms with Gasteiger partial charge in [0.2, 0.25) is 0 Å². The van der Waals surface area contributed by atoms with Gasteiger partial charge in [0, 0.05) is 10.8 Å². The second-order valence-electron chi connectivity index (χ2n) is 3.63. The number of phenolic OH excluding ortho intramolecular Hbond substituents is 1. The van der Waals surface area contributed by atoms with Gasteiger partial charge in [-0.25, -0.2) is 0 Å². The van der Waals surface area contributed by atoms with Crippen LogP contribution in [0.15, 0.2) is 30.3 Å². The summed E-state index contributed by atoms with van der Waals surface area (Å²) in [6.07, 6.45) is 0. The van der Waals surface area contributed by atoms with E-state index in [9.17, 15) is 19.5 Å². The van der Waals surface area contributed by atoms with Gasteiger partial charge in [0.25, 0.3) is 0 Å². The molecule has 0 saturated heterocycles. The standard InChI is InChI=1S/C11H11O5P.2Na/c1-7-6-10(12)8-4-2-3-5-9(8)11(7)16-17(13,14)15;;/h2-6,12H,1H3,(H2,13,14,15);;/q;2*+1/p-2. The molecule has 0 radical (unpaired) electrons. The Morgan fingerprint density at radius 2 is 1.68 bits per heavy atom. The van der Waals surface area contributed by atoms with Crippen LogP contribution in [0.1, 0.15) is 5.56 Å². The first kappa shape index (κ1) is 19.4. The number of hydrogen-bond acceptors (Lipinski definition) is 5. The normalized spacial score (nSPS) is 10.5. The van der Waals surface area contributed by atoms with Gasteiger partial charge in [-0.1, -0.05) is 24.3 Å². The van der Waals surface area contributed by atoms with Crippen LogP contribution < -0.4 is 73.4 Å². The molecule has 0 spiro atoms. The molecule has 2 rings (SSSR count). The summed E-state index contributed by atoms with van der Waals surface area (Å²) >= 11 is 0. The van der Waals surface area contributed by atoms with Crippen LogP contribution in [-0.2, 0) is 4.57 Å². The van der Waals surface area contributed by atoms with E-state index in [0.29, 0.717) is 16.3 Å². The minimum atomic E-state index is -5.12. The second-order valence-corrected chi connectivity index (χ2v) is 4.70. The van der Waals surface area contributed by atoms with E-state index in [-0.39, 0.29) is 70.6 Å². The molecule has 8 heteroatoms. The summed E-state index contributed by atoms with van der Waals surface area (Å²) in [5, 5.41) is 10.5. The van der Waals surface area contributed by atoms with Crippen molar-refractivity contribution in [2.45, 2.75) is 6.92 Å². The second kappa shape index (κ2) is 7.46. The third-order valence-corrected chi connectivity index (χ3v) is 2.77. The minimum Gasteiger partial charge on any atom is -0.780 e. The zero-order chi connectivity index (χ0) is 12.6. The average molecular weight is 298 g/mol. The van der Waals surface area contributed by atoms with Crippen LogP contribution in [0, 0.1) is 6.92 Å². The van der Waals surface area contributed by atoms with Gasteiger partial charge >= 0.3 is 59.1 Å². The van der Waals surface area contributed by atoms with E-state index in [1.807, 2.05) is 0 Å². The number of aromatic hydroxyl groups is 1. The summed E-state index contributed by atoms with van der Waals surface area (Å²) in [7, 11) is -5.12. The Morgan fingerprint density at radius 3 is 2.21 bits per heavy atom.